The molecule has 11 nitrogen and oxygen atoms in total. The second kappa shape index (κ2) is 11.3. The van der Waals surface area contributed by atoms with E-state index in [2.05, 4.69) is 20.3 Å². The second-order valence-electron chi connectivity index (χ2n) is 11.5. The molecule has 0 spiro atoms. The summed E-state index contributed by atoms with van der Waals surface area (Å²) in [5.41, 5.74) is 1.50. The van der Waals surface area contributed by atoms with Crippen LogP contribution in [0.25, 0.3) is 11.1 Å². The second-order valence-corrected chi connectivity index (χ2v) is 14.2. The van der Waals surface area contributed by atoms with Crippen LogP contribution in [0.15, 0.2) is 72.4 Å². The molecule has 2 amide bonds. The first kappa shape index (κ1) is 30.2. The van der Waals surface area contributed by atoms with E-state index in [0.717, 1.165) is 16.7 Å². The molecule has 2 aromatic carbocycles. The Hall–Kier alpha value is -3.84. The summed E-state index contributed by atoms with van der Waals surface area (Å²) < 4.78 is 30.7. The number of fused-ring (bicyclic) bond motifs is 1. The largest absolute Gasteiger partial charge is 0.354 e. The number of sulfonamides is 1. The van der Waals surface area contributed by atoms with E-state index in [1.807, 2.05) is 38.1 Å². The quantitative estimate of drug-likeness (QED) is 0.298. The Morgan fingerprint density at radius 1 is 1.02 bits per heavy atom. The van der Waals surface area contributed by atoms with Crippen molar-refractivity contribution in [1.82, 2.24) is 29.1 Å². The summed E-state index contributed by atoms with van der Waals surface area (Å²) in [5, 5.41) is 3.31. The van der Waals surface area contributed by atoms with Gasteiger partial charge in [-0.25, -0.2) is 28.3 Å². The molecule has 1 N–H and O–H groups in total. The van der Waals surface area contributed by atoms with Gasteiger partial charge in [0.05, 0.1) is 17.8 Å². The summed E-state index contributed by atoms with van der Waals surface area (Å²) in [6.45, 7) is 5.45. The number of halogens is 2. The van der Waals surface area contributed by atoms with Crippen LogP contribution in [0.1, 0.15) is 26.3 Å². The van der Waals surface area contributed by atoms with E-state index in [1.54, 1.807) is 37.5 Å². The van der Waals surface area contributed by atoms with Crippen molar-refractivity contribution in [3.05, 3.63) is 83.0 Å². The van der Waals surface area contributed by atoms with Crippen molar-refractivity contribution >= 4 is 56.7 Å². The van der Waals surface area contributed by atoms with Gasteiger partial charge in [-0.1, -0.05) is 47.5 Å². The SMILES string of the molecule is CC(C)NC(=O)C1CN(S(=O)(=O)c2cnc3n2[C@](C)(Cc2ccc(-c4cncnc4)cc2)C(=O)N3c2cc(Cl)cc(Cl)c2)C1. The highest BCUT2D eigenvalue weighted by atomic mass is 35.5. The van der Waals surface area contributed by atoms with Gasteiger partial charge < -0.3 is 5.32 Å². The molecule has 4 heterocycles. The lowest BCUT2D eigenvalue weighted by Crippen LogP contribution is -2.56. The third-order valence-electron chi connectivity index (χ3n) is 7.82. The number of imidazole rings is 1. The number of aromatic nitrogens is 4. The van der Waals surface area contributed by atoms with Crippen LogP contribution in [0.4, 0.5) is 11.6 Å². The van der Waals surface area contributed by atoms with E-state index in [9.17, 15) is 18.0 Å². The van der Waals surface area contributed by atoms with Gasteiger partial charge in [0.15, 0.2) is 5.03 Å². The van der Waals surface area contributed by atoms with E-state index in [4.69, 9.17) is 23.2 Å². The minimum Gasteiger partial charge on any atom is -0.354 e. The zero-order chi connectivity index (χ0) is 31.4. The molecule has 0 radical (unpaired) electrons. The third kappa shape index (κ3) is 5.25. The summed E-state index contributed by atoms with van der Waals surface area (Å²) >= 11 is 12.6. The van der Waals surface area contributed by atoms with Crippen LogP contribution < -0.4 is 10.2 Å². The standard InChI is InChI=1S/C30H29Cl2N7O4S/c1-18(2)36-27(40)22-15-37(16-22)44(42,43)26-14-35-29-38(25-9-23(31)8-24(32)10-25)28(41)30(3,39(26)29)11-19-4-6-20(7-5-19)21-12-33-17-34-13-21/h4-10,12-14,17-18,22H,11,15-16H2,1-3H3,(H,36,40)/t30-/m1/s1. The highest BCUT2D eigenvalue weighted by Gasteiger charge is 2.53. The number of hydrogen-bond donors (Lipinski definition) is 1. The Bertz CT molecular complexity index is 1840. The Labute approximate surface area is 264 Å². The first-order valence-corrected chi connectivity index (χ1v) is 16.1. The third-order valence-corrected chi connectivity index (χ3v) is 10.1. The number of nitrogens with one attached hydrogen (secondary N) is 1. The summed E-state index contributed by atoms with van der Waals surface area (Å²) in [6, 6.07) is 12.2. The maximum atomic E-state index is 14.3. The number of benzene rings is 2. The van der Waals surface area contributed by atoms with E-state index < -0.39 is 27.4 Å². The van der Waals surface area contributed by atoms with Crippen LogP contribution in [0.3, 0.4) is 0 Å². The Balaban J connectivity index is 1.39. The van der Waals surface area contributed by atoms with Crippen molar-refractivity contribution in [1.29, 1.82) is 0 Å². The topological polar surface area (TPSA) is 130 Å². The summed E-state index contributed by atoms with van der Waals surface area (Å²) in [4.78, 5) is 40.7. The fourth-order valence-corrected chi connectivity index (χ4v) is 7.84. The predicted molar refractivity (Wildman–Crippen MR) is 166 cm³/mol. The molecule has 1 saturated heterocycles. The lowest BCUT2D eigenvalue weighted by Gasteiger charge is -2.37. The summed E-state index contributed by atoms with van der Waals surface area (Å²) in [5.74, 6) is -0.921. The van der Waals surface area contributed by atoms with Gasteiger partial charge in [-0.2, -0.15) is 4.31 Å². The molecule has 2 aliphatic rings. The van der Waals surface area contributed by atoms with E-state index in [0.29, 0.717) is 15.7 Å². The average molecular weight is 655 g/mol. The maximum absolute atomic E-state index is 14.3. The van der Waals surface area contributed by atoms with Gasteiger partial charge in [-0.3, -0.25) is 14.2 Å². The lowest BCUT2D eigenvalue weighted by atomic mass is 9.91. The minimum atomic E-state index is -4.12. The summed E-state index contributed by atoms with van der Waals surface area (Å²) in [7, 11) is -4.12. The van der Waals surface area contributed by atoms with Crippen LogP contribution in [0.2, 0.25) is 10.0 Å². The van der Waals surface area contributed by atoms with Crippen LogP contribution in [0.5, 0.6) is 0 Å². The van der Waals surface area contributed by atoms with Crippen LogP contribution in [-0.2, 0) is 31.6 Å². The highest BCUT2D eigenvalue weighted by Crippen LogP contribution is 2.45. The van der Waals surface area contributed by atoms with Crippen molar-refractivity contribution in [2.75, 3.05) is 18.0 Å². The van der Waals surface area contributed by atoms with Gasteiger partial charge in [0.2, 0.25) is 11.9 Å². The fourth-order valence-electron chi connectivity index (χ4n) is 5.61. The molecule has 228 valence electrons. The number of rotatable bonds is 8. The predicted octanol–water partition coefficient (Wildman–Crippen LogP) is 4.43. The van der Waals surface area contributed by atoms with Gasteiger partial charge in [-0.05, 0) is 50.1 Å². The summed E-state index contributed by atoms with van der Waals surface area (Å²) in [6.07, 6.45) is 6.29. The molecule has 2 aromatic heterocycles. The van der Waals surface area contributed by atoms with Crippen LogP contribution in [-0.4, -0.2) is 63.2 Å². The first-order chi connectivity index (χ1) is 20.9. The molecule has 44 heavy (non-hydrogen) atoms. The Morgan fingerprint density at radius 2 is 1.66 bits per heavy atom. The Kier molecular flexibility index (Phi) is 7.73. The number of nitrogens with zero attached hydrogens (tertiary/aromatic N) is 6. The number of amides is 2. The van der Waals surface area contributed by atoms with Crippen LogP contribution in [0, 0.1) is 5.92 Å². The van der Waals surface area contributed by atoms with E-state index >= 15 is 0 Å². The highest BCUT2D eigenvalue weighted by molar-refractivity contribution is 7.89. The molecule has 1 fully saturated rings. The maximum Gasteiger partial charge on any atom is 0.260 e. The fraction of sp³-hybridized carbons (Fsp3) is 0.300. The van der Waals surface area contributed by atoms with E-state index in [-0.39, 0.29) is 42.4 Å². The zero-order valence-corrected chi connectivity index (χ0v) is 26.4. The Morgan fingerprint density at radius 3 is 2.27 bits per heavy atom. The molecular formula is C30H29Cl2N7O4S. The van der Waals surface area contributed by atoms with E-state index in [1.165, 1.54) is 26.3 Å². The zero-order valence-electron chi connectivity index (χ0n) is 24.1. The molecule has 6 rings (SSSR count). The van der Waals surface area contributed by atoms with Gasteiger partial charge >= 0.3 is 0 Å². The molecule has 4 aromatic rings. The number of carbonyl (C=O) groups excluding carboxylic acids is 2. The molecule has 0 bridgehead atoms. The molecule has 0 saturated carbocycles. The molecule has 14 heteroatoms. The molecular weight excluding hydrogens is 625 g/mol. The van der Waals surface area contributed by atoms with Crippen molar-refractivity contribution in [2.45, 2.75) is 43.8 Å². The first-order valence-electron chi connectivity index (χ1n) is 13.9. The van der Waals surface area contributed by atoms with Crippen molar-refractivity contribution in [3.63, 3.8) is 0 Å². The normalized spacial score (nSPS) is 18.9. The molecule has 0 aliphatic carbocycles. The van der Waals surface area contributed by atoms with Gasteiger partial charge in [0.1, 0.15) is 11.9 Å². The van der Waals surface area contributed by atoms with Crippen molar-refractivity contribution < 1.29 is 18.0 Å². The number of carbonyl (C=O) groups is 2. The van der Waals surface area contributed by atoms with Crippen molar-refractivity contribution in [2.24, 2.45) is 5.92 Å². The number of hydrogen-bond acceptors (Lipinski definition) is 7. The number of anilines is 2. The van der Waals surface area contributed by atoms with Crippen LogP contribution >= 0.6 is 23.2 Å². The monoisotopic (exact) mass is 653 g/mol. The average Bonchev–Trinajstić information content (AvgIpc) is 3.46. The molecule has 0 unspecified atom stereocenters. The molecule has 1 atom stereocenters. The minimum absolute atomic E-state index is 0.0321. The van der Waals surface area contributed by atoms with Gasteiger partial charge in [0.25, 0.3) is 15.9 Å². The van der Waals surface area contributed by atoms with Gasteiger partial charge in [0, 0.05) is 53.6 Å². The lowest BCUT2D eigenvalue weighted by molar-refractivity contribution is -0.128. The van der Waals surface area contributed by atoms with Crippen molar-refractivity contribution in [3.8, 4) is 11.1 Å². The smallest absolute Gasteiger partial charge is 0.260 e. The van der Waals surface area contributed by atoms with Gasteiger partial charge in [-0.15, -0.1) is 0 Å². The molecule has 2 aliphatic heterocycles.